The van der Waals surface area contributed by atoms with Crippen LogP contribution in [0.15, 0.2) is 24.3 Å². The molecule has 1 aliphatic rings. The number of amides is 1. The Bertz CT molecular complexity index is 756. The van der Waals surface area contributed by atoms with Crippen molar-refractivity contribution in [1.82, 2.24) is 19.4 Å². The smallest absolute Gasteiger partial charge is 0.225 e. The number of rotatable bonds is 5. The number of para-hydroxylation sites is 2. The summed E-state index contributed by atoms with van der Waals surface area (Å²) < 4.78 is 2.35. The number of benzene rings is 1. The Morgan fingerprint density at radius 1 is 1.19 bits per heavy atom. The van der Waals surface area contributed by atoms with E-state index in [1.165, 1.54) is 5.52 Å². The summed E-state index contributed by atoms with van der Waals surface area (Å²) in [5.41, 5.74) is 2.28. The van der Waals surface area contributed by atoms with Crippen molar-refractivity contribution in [3.8, 4) is 0 Å². The summed E-state index contributed by atoms with van der Waals surface area (Å²) in [6.07, 6.45) is 1.88. The minimum Gasteiger partial charge on any atom is -0.343 e. The van der Waals surface area contributed by atoms with Gasteiger partial charge in [0.25, 0.3) is 0 Å². The largest absolute Gasteiger partial charge is 0.343 e. The van der Waals surface area contributed by atoms with E-state index < -0.39 is 0 Å². The van der Waals surface area contributed by atoms with Crippen LogP contribution in [-0.2, 0) is 11.3 Å². The molecule has 1 aromatic carbocycles. The number of nitrogens with zero attached hydrogens (tertiary/aromatic N) is 4. The topological polar surface area (TPSA) is 41.4 Å². The lowest BCUT2D eigenvalue weighted by Gasteiger charge is -2.34. The maximum absolute atomic E-state index is 12.6. The number of aromatic nitrogens is 2. The van der Waals surface area contributed by atoms with Gasteiger partial charge in [0.2, 0.25) is 5.91 Å². The van der Waals surface area contributed by atoms with Gasteiger partial charge < -0.3 is 9.47 Å². The molecule has 0 unspecified atom stereocenters. The maximum Gasteiger partial charge on any atom is 0.225 e. The number of piperidine rings is 1. The summed E-state index contributed by atoms with van der Waals surface area (Å²) in [5, 5.41) is 0. The molecule has 0 N–H and O–H groups in total. The Labute approximate surface area is 157 Å². The third-order valence-corrected chi connectivity index (χ3v) is 5.61. The molecule has 1 amide bonds. The van der Waals surface area contributed by atoms with Crippen molar-refractivity contribution in [2.75, 3.05) is 20.1 Å². The molecule has 3 rings (SSSR count). The lowest BCUT2D eigenvalue weighted by molar-refractivity contribution is -0.137. The quantitative estimate of drug-likeness (QED) is 0.820. The highest BCUT2D eigenvalue weighted by Crippen LogP contribution is 2.25. The molecule has 0 bridgehead atoms. The summed E-state index contributed by atoms with van der Waals surface area (Å²) in [6.45, 7) is 11.3. The molecule has 142 valence electrons. The lowest BCUT2D eigenvalue weighted by Crippen LogP contribution is -2.43. The zero-order valence-corrected chi connectivity index (χ0v) is 16.8. The van der Waals surface area contributed by atoms with E-state index in [1.54, 1.807) is 0 Å². The van der Waals surface area contributed by atoms with Crippen LogP contribution in [0.25, 0.3) is 11.0 Å². The number of carbonyl (C=O) groups excluding carboxylic acids is 1. The molecule has 1 aliphatic heterocycles. The Hall–Kier alpha value is -1.88. The molecule has 1 fully saturated rings. The first-order chi connectivity index (χ1) is 12.4. The molecule has 0 spiro atoms. The predicted molar refractivity (Wildman–Crippen MR) is 106 cm³/mol. The van der Waals surface area contributed by atoms with Crippen LogP contribution >= 0.6 is 0 Å². The van der Waals surface area contributed by atoms with Gasteiger partial charge in [-0.15, -0.1) is 0 Å². The molecule has 0 aliphatic carbocycles. The molecule has 0 atom stereocenters. The molecule has 5 nitrogen and oxygen atoms in total. The van der Waals surface area contributed by atoms with Crippen molar-refractivity contribution in [3.05, 3.63) is 30.1 Å². The highest BCUT2D eigenvalue weighted by Gasteiger charge is 2.28. The summed E-state index contributed by atoms with van der Waals surface area (Å²) in [7, 11) is 1.92. The van der Waals surface area contributed by atoms with Crippen molar-refractivity contribution in [3.63, 3.8) is 0 Å². The standard InChI is InChI=1S/C21H32N4O/c1-15(2)23(5)21(26)17-10-12-24(13-11-17)14-20-22-18-8-6-7-9-19(18)25(20)16(3)4/h6-9,15-17H,10-14H2,1-5H3. The number of hydrogen-bond donors (Lipinski definition) is 0. The average Bonchev–Trinajstić information content (AvgIpc) is 2.99. The van der Waals surface area contributed by atoms with Crippen molar-refractivity contribution < 1.29 is 4.79 Å². The second-order valence-electron chi connectivity index (χ2n) is 8.07. The SMILES string of the molecule is CC(C)N(C)C(=O)C1CCN(Cc2nc3ccccc3n2C(C)C)CC1. The van der Waals surface area contributed by atoms with Gasteiger partial charge in [0.1, 0.15) is 5.82 Å². The maximum atomic E-state index is 12.6. The minimum absolute atomic E-state index is 0.169. The van der Waals surface area contributed by atoms with E-state index >= 15 is 0 Å². The number of hydrogen-bond acceptors (Lipinski definition) is 3. The molecular formula is C21H32N4O. The van der Waals surface area contributed by atoms with Gasteiger partial charge in [0.15, 0.2) is 0 Å². The number of fused-ring (bicyclic) bond motifs is 1. The molecule has 26 heavy (non-hydrogen) atoms. The van der Waals surface area contributed by atoms with E-state index in [0.29, 0.717) is 11.9 Å². The molecule has 1 saturated heterocycles. The average molecular weight is 357 g/mol. The van der Waals surface area contributed by atoms with Crippen molar-refractivity contribution in [2.45, 2.75) is 59.2 Å². The monoisotopic (exact) mass is 356 g/mol. The Morgan fingerprint density at radius 2 is 1.85 bits per heavy atom. The van der Waals surface area contributed by atoms with E-state index in [2.05, 4.69) is 55.4 Å². The molecule has 5 heteroatoms. The van der Waals surface area contributed by atoms with Crippen molar-refractivity contribution in [2.24, 2.45) is 5.92 Å². The second-order valence-corrected chi connectivity index (χ2v) is 8.07. The fourth-order valence-electron chi connectivity index (χ4n) is 3.86. The molecule has 0 radical (unpaired) electrons. The number of imidazole rings is 1. The normalized spacial score (nSPS) is 16.7. The van der Waals surface area contributed by atoms with E-state index in [0.717, 1.165) is 43.8 Å². The molecule has 1 aromatic heterocycles. The number of carbonyl (C=O) groups is 1. The van der Waals surface area contributed by atoms with Gasteiger partial charge in [-0.05, 0) is 65.8 Å². The Kier molecular flexibility index (Phi) is 5.66. The van der Waals surface area contributed by atoms with Crippen LogP contribution in [0.3, 0.4) is 0 Å². The lowest BCUT2D eigenvalue weighted by atomic mass is 9.95. The first-order valence-electron chi connectivity index (χ1n) is 9.83. The molecule has 2 heterocycles. The van der Waals surface area contributed by atoms with Gasteiger partial charge in [0, 0.05) is 25.0 Å². The van der Waals surface area contributed by atoms with Crippen LogP contribution in [0.4, 0.5) is 0 Å². The van der Waals surface area contributed by atoms with Gasteiger partial charge in [-0.3, -0.25) is 9.69 Å². The molecular weight excluding hydrogens is 324 g/mol. The van der Waals surface area contributed by atoms with Crippen molar-refractivity contribution >= 4 is 16.9 Å². The van der Waals surface area contributed by atoms with Gasteiger partial charge >= 0.3 is 0 Å². The van der Waals surface area contributed by atoms with Gasteiger partial charge in [-0.1, -0.05) is 12.1 Å². The van der Waals surface area contributed by atoms with Crippen LogP contribution in [0, 0.1) is 5.92 Å². The second kappa shape index (κ2) is 7.78. The van der Waals surface area contributed by atoms with E-state index in [9.17, 15) is 4.79 Å². The highest BCUT2D eigenvalue weighted by atomic mass is 16.2. The Balaban J connectivity index is 1.68. The first kappa shape index (κ1) is 18.9. The highest BCUT2D eigenvalue weighted by molar-refractivity contribution is 5.79. The van der Waals surface area contributed by atoms with E-state index in [4.69, 9.17) is 4.98 Å². The summed E-state index contributed by atoms with van der Waals surface area (Å²) in [5.74, 6) is 1.60. The van der Waals surface area contributed by atoms with Crippen LogP contribution in [0.2, 0.25) is 0 Å². The molecule has 0 saturated carbocycles. The first-order valence-corrected chi connectivity index (χ1v) is 9.83. The summed E-state index contributed by atoms with van der Waals surface area (Å²) >= 11 is 0. The van der Waals surface area contributed by atoms with Crippen LogP contribution in [-0.4, -0.2) is 51.4 Å². The predicted octanol–water partition coefficient (Wildman–Crippen LogP) is 3.70. The summed E-state index contributed by atoms with van der Waals surface area (Å²) in [6, 6.07) is 9.02. The third-order valence-electron chi connectivity index (χ3n) is 5.61. The fraction of sp³-hybridized carbons (Fsp3) is 0.619. The number of likely N-dealkylation sites (tertiary alicyclic amines) is 1. The van der Waals surface area contributed by atoms with Crippen LogP contribution in [0.5, 0.6) is 0 Å². The van der Waals surface area contributed by atoms with Gasteiger partial charge in [0.05, 0.1) is 17.6 Å². The Morgan fingerprint density at radius 3 is 2.46 bits per heavy atom. The zero-order chi connectivity index (χ0) is 18.8. The van der Waals surface area contributed by atoms with Gasteiger partial charge in [-0.25, -0.2) is 4.98 Å². The minimum atomic E-state index is 0.169. The van der Waals surface area contributed by atoms with E-state index in [-0.39, 0.29) is 12.0 Å². The van der Waals surface area contributed by atoms with Crippen molar-refractivity contribution in [1.29, 1.82) is 0 Å². The molecule has 2 aromatic rings. The van der Waals surface area contributed by atoms with Crippen LogP contribution < -0.4 is 0 Å². The van der Waals surface area contributed by atoms with E-state index in [1.807, 2.05) is 18.0 Å². The van der Waals surface area contributed by atoms with Crippen LogP contribution in [0.1, 0.15) is 52.4 Å². The zero-order valence-electron chi connectivity index (χ0n) is 16.8. The summed E-state index contributed by atoms with van der Waals surface area (Å²) in [4.78, 5) is 21.8. The fourth-order valence-corrected chi connectivity index (χ4v) is 3.86. The van der Waals surface area contributed by atoms with Gasteiger partial charge in [-0.2, -0.15) is 0 Å². The third kappa shape index (κ3) is 3.78.